The normalized spacial score (nSPS) is 18.6. The second-order valence-electron chi connectivity index (χ2n) is 9.98. The highest BCUT2D eigenvalue weighted by Gasteiger charge is 2.41. The van der Waals surface area contributed by atoms with Crippen LogP contribution in [-0.2, 0) is 4.79 Å². The third kappa shape index (κ3) is 3.62. The van der Waals surface area contributed by atoms with Crippen LogP contribution in [0.3, 0.4) is 0 Å². The van der Waals surface area contributed by atoms with Crippen molar-refractivity contribution in [2.75, 3.05) is 19.0 Å². The molecule has 1 heterocycles. The fourth-order valence-electron chi connectivity index (χ4n) is 5.47. The molecule has 0 radical (unpaired) electrons. The summed E-state index contributed by atoms with van der Waals surface area (Å²) in [5.41, 5.74) is 6.03. The molecule has 0 bridgehead atoms. The van der Waals surface area contributed by atoms with Crippen molar-refractivity contribution in [3.05, 3.63) is 70.8 Å². The number of benzene rings is 3. The second-order valence-corrected chi connectivity index (χ2v) is 9.98. The van der Waals surface area contributed by atoms with Gasteiger partial charge >= 0.3 is 0 Å². The summed E-state index contributed by atoms with van der Waals surface area (Å²) in [5, 5.41) is 6.05. The molecule has 1 atom stereocenters. The van der Waals surface area contributed by atoms with Gasteiger partial charge in [-0.3, -0.25) is 4.79 Å². The Bertz CT molecular complexity index is 1390. The van der Waals surface area contributed by atoms with Crippen LogP contribution >= 0.6 is 0 Å². The minimum Gasteiger partial charge on any atom is -0.493 e. The Balaban J connectivity index is 1.73. The van der Waals surface area contributed by atoms with Crippen molar-refractivity contribution in [2.24, 2.45) is 5.41 Å². The predicted molar refractivity (Wildman–Crippen MR) is 137 cm³/mol. The summed E-state index contributed by atoms with van der Waals surface area (Å²) in [6, 6.07) is 16.4. The Morgan fingerprint density at radius 2 is 1.94 bits per heavy atom. The van der Waals surface area contributed by atoms with E-state index in [4.69, 9.17) is 15.9 Å². The number of methoxy groups -OCH3 is 1. The third-order valence-electron chi connectivity index (χ3n) is 6.86. The Labute approximate surface area is 201 Å². The van der Waals surface area contributed by atoms with Gasteiger partial charge in [0.15, 0.2) is 17.3 Å². The number of hydrogen-bond donors (Lipinski definition) is 1. The number of ketones is 1. The van der Waals surface area contributed by atoms with Gasteiger partial charge in [-0.25, -0.2) is 0 Å². The van der Waals surface area contributed by atoms with E-state index in [1.807, 2.05) is 13.0 Å². The number of terminal acetylenes is 1. The standard InChI is InChI=1S/C30H29NO3/c1-6-13-34-29-18(2)14-20(15-25(29)33-5)28-27-22(16-30(3,4)17-24(27)32)26-21-10-8-7-9-19(21)11-12-23(26)31-28/h1,7-12,14-15,28,31H,13,16-17H2,2-5H3. The number of nitrogens with one attached hydrogen (secondary N) is 1. The molecule has 1 aliphatic heterocycles. The topological polar surface area (TPSA) is 47.6 Å². The van der Waals surface area contributed by atoms with E-state index in [0.717, 1.165) is 39.9 Å². The van der Waals surface area contributed by atoms with Gasteiger partial charge in [0.1, 0.15) is 6.61 Å². The van der Waals surface area contributed by atoms with Gasteiger partial charge in [-0.2, -0.15) is 0 Å². The molecule has 1 aliphatic carbocycles. The lowest BCUT2D eigenvalue weighted by Gasteiger charge is -2.40. The van der Waals surface area contributed by atoms with Gasteiger partial charge in [0.25, 0.3) is 0 Å². The number of allylic oxidation sites excluding steroid dienone is 1. The molecule has 1 N–H and O–H groups in total. The largest absolute Gasteiger partial charge is 0.493 e. The molecule has 0 saturated heterocycles. The van der Waals surface area contributed by atoms with Crippen LogP contribution in [0.4, 0.5) is 5.69 Å². The van der Waals surface area contributed by atoms with E-state index in [9.17, 15) is 4.79 Å². The maximum atomic E-state index is 13.6. The van der Waals surface area contributed by atoms with Crippen molar-refractivity contribution in [3.8, 4) is 23.8 Å². The Morgan fingerprint density at radius 1 is 1.15 bits per heavy atom. The van der Waals surface area contributed by atoms with Crippen molar-refractivity contribution < 1.29 is 14.3 Å². The zero-order chi connectivity index (χ0) is 24.0. The van der Waals surface area contributed by atoms with Crippen molar-refractivity contribution in [2.45, 2.75) is 39.7 Å². The van der Waals surface area contributed by atoms with Gasteiger partial charge in [0, 0.05) is 23.2 Å². The van der Waals surface area contributed by atoms with Crippen LogP contribution in [0.2, 0.25) is 0 Å². The minimum atomic E-state index is -0.262. The molecule has 0 spiro atoms. The summed E-state index contributed by atoms with van der Waals surface area (Å²) in [6.07, 6.45) is 6.78. The number of rotatable bonds is 4. The molecule has 0 aromatic heterocycles. The molecular formula is C30H29NO3. The van der Waals surface area contributed by atoms with Gasteiger partial charge < -0.3 is 14.8 Å². The molecule has 172 valence electrons. The maximum Gasteiger partial charge on any atom is 0.165 e. The lowest BCUT2D eigenvalue weighted by atomic mass is 9.68. The summed E-state index contributed by atoms with van der Waals surface area (Å²) < 4.78 is 11.4. The average molecular weight is 452 g/mol. The number of hydrogen-bond acceptors (Lipinski definition) is 4. The summed E-state index contributed by atoms with van der Waals surface area (Å²) in [4.78, 5) is 13.6. The lowest BCUT2D eigenvalue weighted by molar-refractivity contribution is -0.118. The van der Waals surface area contributed by atoms with Crippen LogP contribution in [0, 0.1) is 24.7 Å². The number of ether oxygens (including phenoxy) is 2. The zero-order valence-corrected chi connectivity index (χ0v) is 20.1. The van der Waals surface area contributed by atoms with Crippen LogP contribution in [0.15, 0.2) is 54.1 Å². The van der Waals surface area contributed by atoms with E-state index >= 15 is 0 Å². The number of anilines is 1. The van der Waals surface area contributed by atoms with E-state index in [1.165, 1.54) is 10.8 Å². The van der Waals surface area contributed by atoms with Crippen LogP contribution < -0.4 is 14.8 Å². The van der Waals surface area contributed by atoms with Crippen LogP contribution in [0.1, 0.15) is 49.4 Å². The fourth-order valence-corrected chi connectivity index (χ4v) is 5.47. The summed E-state index contributed by atoms with van der Waals surface area (Å²) in [7, 11) is 1.62. The van der Waals surface area contributed by atoms with Crippen LogP contribution in [-0.4, -0.2) is 19.5 Å². The molecule has 5 rings (SSSR count). The predicted octanol–water partition coefficient (Wildman–Crippen LogP) is 6.48. The highest BCUT2D eigenvalue weighted by Crippen LogP contribution is 2.52. The first-order chi connectivity index (χ1) is 16.3. The minimum absolute atomic E-state index is 0.0907. The summed E-state index contributed by atoms with van der Waals surface area (Å²) in [6.45, 7) is 6.51. The number of Topliss-reactive ketones (excluding diaryl/α,β-unsaturated/α-hetero) is 1. The summed E-state index contributed by atoms with van der Waals surface area (Å²) >= 11 is 0. The van der Waals surface area contributed by atoms with Gasteiger partial charge in [-0.15, -0.1) is 6.42 Å². The summed E-state index contributed by atoms with van der Waals surface area (Å²) in [5.74, 6) is 3.96. The lowest BCUT2D eigenvalue weighted by Crippen LogP contribution is -2.33. The van der Waals surface area contributed by atoms with E-state index < -0.39 is 0 Å². The molecule has 0 fully saturated rings. The molecule has 4 heteroatoms. The first kappa shape index (κ1) is 22.1. The monoisotopic (exact) mass is 451 g/mol. The Kier molecular flexibility index (Phi) is 5.37. The first-order valence-electron chi connectivity index (χ1n) is 11.6. The molecule has 0 amide bonds. The molecule has 3 aromatic rings. The molecule has 3 aromatic carbocycles. The Hall–Kier alpha value is -3.71. The van der Waals surface area contributed by atoms with Crippen LogP contribution in [0.5, 0.6) is 11.5 Å². The van der Waals surface area contributed by atoms with Gasteiger partial charge in [-0.1, -0.05) is 50.1 Å². The van der Waals surface area contributed by atoms with Crippen molar-refractivity contribution in [1.82, 2.24) is 0 Å². The van der Waals surface area contributed by atoms with E-state index in [2.05, 4.69) is 67.5 Å². The molecule has 34 heavy (non-hydrogen) atoms. The van der Waals surface area contributed by atoms with Gasteiger partial charge in [-0.05, 0) is 64.4 Å². The van der Waals surface area contributed by atoms with Crippen molar-refractivity contribution in [3.63, 3.8) is 0 Å². The highest BCUT2D eigenvalue weighted by molar-refractivity contribution is 6.12. The number of aryl methyl sites for hydroxylation is 1. The second kappa shape index (κ2) is 8.25. The fraction of sp³-hybridized carbons (Fsp3) is 0.300. The quantitative estimate of drug-likeness (QED) is 0.461. The number of carbonyl (C=O) groups is 1. The molecular weight excluding hydrogens is 422 g/mol. The smallest absolute Gasteiger partial charge is 0.165 e. The third-order valence-corrected chi connectivity index (χ3v) is 6.86. The number of carbonyl (C=O) groups excluding carboxylic acids is 1. The van der Waals surface area contributed by atoms with Crippen molar-refractivity contribution in [1.29, 1.82) is 0 Å². The molecule has 4 nitrogen and oxygen atoms in total. The number of fused-ring (bicyclic) bond motifs is 4. The van der Waals surface area contributed by atoms with Crippen molar-refractivity contribution >= 4 is 27.8 Å². The average Bonchev–Trinajstić information content (AvgIpc) is 2.81. The Morgan fingerprint density at radius 3 is 2.71 bits per heavy atom. The molecule has 0 saturated carbocycles. The van der Waals surface area contributed by atoms with E-state index in [1.54, 1.807) is 7.11 Å². The van der Waals surface area contributed by atoms with E-state index in [0.29, 0.717) is 17.9 Å². The molecule has 1 unspecified atom stereocenters. The maximum absolute atomic E-state index is 13.6. The van der Waals surface area contributed by atoms with Crippen LogP contribution in [0.25, 0.3) is 16.3 Å². The SMILES string of the molecule is C#CCOc1c(C)cc(C2Nc3ccc4ccccc4c3C3=C2C(=O)CC(C)(C)C3)cc1OC. The van der Waals surface area contributed by atoms with E-state index in [-0.39, 0.29) is 23.8 Å². The zero-order valence-electron chi connectivity index (χ0n) is 20.1. The van der Waals surface area contributed by atoms with Gasteiger partial charge in [0.05, 0.1) is 13.2 Å². The van der Waals surface area contributed by atoms with Gasteiger partial charge in [0.2, 0.25) is 0 Å². The molecule has 2 aliphatic rings. The first-order valence-corrected chi connectivity index (χ1v) is 11.6. The highest BCUT2D eigenvalue weighted by atomic mass is 16.5.